The zero-order valence-electron chi connectivity index (χ0n) is 12.9. The van der Waals surface area contributed by atoms with Crippen LogP contribution in [0.3, 0.4) is 0 Å². The molecule has 0 aliphatic carbocycles. The Balaban J connectivity index is 2.81. The number of carbonyl (C=O) groups excluding carboxylic acids is 1. The second-order valence-electron chi connectivity index (χ2n) is 4.69. The number of amides is 1. The van der Waals surface area contributed by atoms with Crippen molar-refractivity contribution in [1.29, 1.82) is 0 Å². The van der Waals surface area contributed by atoms with Gasteiger partial charge in [0, 0.05) is 32.1 Å². The molecule has 114 valence electrons. The van der Waals surface area contributed by atoms with Gasteiger partial charge in [-0.3, -0.25) is 4.79 Å². The molecule has 0 heterocycles. The second-order valence-corrected chi connectivity index (χ2v) is 4.69. The molecule has 5 nitrogen and oxygen atoms in total. The average molecular weight is 289 g/mol. The van der Waals surface area contributed by atoms with Gasteiger partial charge in [-0.2, -0.15) is 0 Å². The summed E-state index contributed by atoms with van der Waals surface area (Å²) >= 11 is 0. The van der Waals surface area contributed by atoms with Crippen LogP contribution in [0.5, 0.6) is 5.75 Å². The molecule has 0 fully saturated rings. The van der Waals surface area contributed by atoms with Crippen molar-refractivity contribution in [2.45, 2.75) is 13.0 Å². The third-order valence-electron chi connectivity index (χ3n) is 3.08. The molecule has 1 amide bonds. The lowest BCUT2D eigenvalue weighted by Gasteiger charge is -2.17. The lowest BCUT2D eigenvalue weighted by molar-refractivity contribution is -0.120. The monoisotopic (exact) mass is 289 g/mol. The first kappa shape index (κ1) is 17.0. The summed E-state index contributed by atoms with van der Waals surface area (Å²) in [6, 6.07) is 5.79. The highest BCUT2D eigenvalue weighted by molar-refractivity contribution is 5.75. The Labute approximate surface area is 126 Å². The summed E-state index contributed by atoms with van der Waals surface area (Å²) in [6.07, 6.45) is 0.473. The molecule has 0 spiro atoms. The molecule has 1 aromatic carbocycles. The maximum absolute atomic E-state index is 11.3. The first-order valence-electron chi connectivity index (χ1n) is 6.85. The predicted molar refractivity (Wildman–Crippen MR) is 83.9 cm³/mol. The number of nitrogens with zero attached hydrogens (tertiary/aromatic N) is 1. The second kappa shape index (κ2) is 9.01. The quantitative estimate of drug-likeness (QED) is 0.752. The van der Waals surface area contributed by atoms with Crippen LogP contribution in [0.15, 0.2) is 18.2 Å². The van der Waals surface area contributed by atoms with Crippen LogP contribution in [0.2, 0.25) is 0 Å². The van der Waals surface area contributed by atoms with E-state index < -0.39 is 0 Å². The van der Waals surface area contributed by atoms with Crippen molar-refractivity contribution in [2.75, 3.05) is 34.3 Å². The Morgan fingerprint density at radius 3 is 2.86 bits per heavy atom. The van der Waals surface area contributed by atoms with Crippen molar-refractivity contribution in [3.05, 3.63) is 29.3 Å². The van der Waals surface area contributed by atoms with Gasteiger partial charge in [-0.05, 0) is 30.8 Å². The molecule has 0 saturated heterocycles. The molecule has 0 saturated carbocycles. The summed E-state index contributed by atoms with van der Waals surface area (Å²) in [5.41, 5.74) is 7.43. The minimum atomic E-state index is 0.0376. The first-order valence-corrected chi connectivity index (χ1v) is 6.85. The zero-order chi connectivity index (χ0) is 15.7. The fraction of sp³-hybridized carbons (Fsp3) is 0.438. The van der Waals surface area contributed by atoms with E-state index in [0.717, 1.165) is 16.9 Å². The van der Waals surface area contributed by atoms with E-state index in [4.69, 9.17) is 10.5 Å². The highest BCUT2D eigenvalue weighted by atomic mass is 16.5. The van der Waals surface area contributed by atoms with Crippen LogP contribution >= 0.6 is 0 Å². The van der Waals surface area contributed by atoms with E-state index in [1.807, 2.05) is 25.2 Å². The van der Waals surface area contributed by atoms with E-state index >= 15 is 0 Å². The highest BCUT2D eigenvalue weighted by Gasteiger charge is 2.08. The number of methoxy groups -OCH3 is 1. The number of benzene rings is 1. The van der Waals surface area contributed by atoms with Crippen molar-refractivity contribution in [3.63, 3.8) is 0 Å². The van der Waals surface area contributed by atoms with Crippen LogP contribution in [0, 0.1) is 11.8 Å². The maximum atomic E-state index is 11.3. The van der Waals surface area contributed by atoms with Gasteiger partial charge in [-0.1, -0.05) is 11.8 Å². The van der Waals surface area contributed by atoms with Gasteiger partial charge >= 0.3 is 0 Å². The first-order chi connectivity index (χ1) is 10.1. The Bertz CT molecular complexity index is 532. The van der Waals surface area contributed by atoms with Crippen molar-refractivity contribution in [1.82, 2.24) is 10.2 Å². The minimum Gasteiger partial charge on any atom is -0.497 e. The Morgan fingerprint density at radius 2 is 2.24 bits per heavy atom. The smallest absolute Gasteiger partial charge is 0.221 e. The normalized spacial score (nSPS) is 9.95. The molecule has 1 rings (SSSR count). The van der Waals surface area contributed by atoms with E-state index in [-0.39, 0.29) is 5.91 Å². The number of nitrogens with one attached hydrogen (secondary N) is 1. The van der Waals surface area contributed by atoms with Gasteiger partial charge in [-0.25, -0.2) is 0 Å². The van der Waals surface area contributed by atoms with Crippen molar-refractivity contribution in [2.24, 2.45) is 5.73 Å². The Kier molecular flexibility index (Phi) is 7.30. The molecule has 0 bridgehead atoms. The lowest BCUT2D eigenvalue weighted by atomic mass is 10.1. The van der Waals surface area contributed by atoms with Crippen LogP contribution in [0.1, 0.15) is 17.5 Å². The standard InChI is InChI=1S/C16H23N3O2/c1-18-16(20)8-10-19(2)12-14-11-15(21-3)7-6-13(14)5-4-9-17/h6-7,11H,8-10,12,17H2,1-3H3,(H,18,20). The fourth-order valence-electron chi connectivity index (χ4n) is 1.88. The van der Waals surface area contributed by atoms with Crippen molar-refractivity contribution in [3.8, 4) is 17.6 Å². The largest absolute Gasteiger partial charge is 0.497 e. The van der Waals surface area contributed by atoms with Crippen molar-refractivity contribution < 1.29 is 9.53 Å². The number of ether oxygens (including phenoxy) is 1. The molecule has 1 aromatic rings. The molecule has 5 heteroatoms. The zero-order valence-corrected chi connectivity index (χ0v) is 12.9. The SMILES string of the molecule is CNC(=O)CCN(C)Cc1cc(OC)ccc1C#CCN. The highest BCUT2D eigenvalue weighted by Crippen LogP contribution is 2.18. The van der Waals surface area contributed by atoms with Gasteiger partial charge in [-0.15, -0.1) is 0 Å². The number of hydrogen-bond acceptors (Lipinski definition) is 4. The summed E-state index contributed by atoms with van der Waals surface area (Å²) in [4.78, 5) is 13.4. The molecular weight excluding hydrogens is 266 g/mol. The van der Waals surface area contributed by atoms with Gasteiger partial charge in [0.2, 0.25) is 5.91 Å². The Morgan fingerprint density at radius 1 is 1.48 bits per heavy atom. The van der Waals surface area contributed by atoms with Gasteiger partial charge in [0.15, 0.2) is 0 Å². The molecule has 0 radical (unpaired) electrons. The van der Waals surface area contributed by atoms with Crippen LogP contribution in [0.4, 0.5) is 0 Å². The molecule has 3 N–H and O–H groups in total. The fourth-order valence-corrected chi connectivity index (χ4v) is 1.88. The summed E-state index contributed by atoms with van der Waals surface area (Å²) in [5, 5.41) is 2.62. The molecule has 0 unspecified atom stereocenters. The van der Waals surface area contributed by atoms with Crippen LogP contribution < -0.4 is 15.8 Å². The van der Waals surface area contributed by atoms with E-state index in [1.165, 1.54) is 0 Å². The molecule has 21 heavy (non-hydrogen) atoms. The van der Waals surface area contributed by atoms with E-state index in [2.05, 4.69) is 22.1 Å². The van der Waals surface area contributed by atoms with Crippen LogP contribution in [-0.4, -0.2) is 45.1 Å². The maximum Gasteiger partial charge on any atom is 0.221 e. The third kappa shape index (κ3) is 5.86. The van der Waals surface area contributed by atoms with Crippen molar-refractivity contribution >= 4 is 5.91 Å². The van der Waals surface area contributed by atoms with Gasteiger partial charge in [0.05, 0.1) is 13.7 Å². The molecule has 0 aliphatic rings. The van der Waals surface area contributed by atoms with Gasteiger partial charge in [0.25, 0.3) is 0 Å². The minimum absolute atomic E-state index is 0.0376. The van der Waals surface area contributed by atoms with Crippen LogP contribution in [-0.2, 0) is 11.3 Å². The van der Waals surface area contributed by atoms with Gasteiger partial charge in [0.1, 0.15) is 5.75 Å². The number of rotatable bonds is 6. The topological polar surface area (TPSA) is 67.6 Å². The predicted octanol–water partition coefficient (Wildman–Crippen LogP) is 0.573. The number of hydrogen-bond donors (Lipinski definition) is 2. The van der Waals surface area contributed by atoms with Crippen LogP contribution in [0.25, 0.3) is 0 Å². The average Bonchev–Trinajstić information content (AvgIpc) is 2.51. The molecule has 0 aromatic heterocycles. The lowest BCUT2D eigenvalue weighted by Crippen LogP contribution is -2.26. The van der Waals surface area contributed by atoms with E-state index in [1.54, 1.807) is 14.2 Å². The summed E-state index contributed by atoms with van der Waals surface area (Å²) in [5.74, 6) is 6.77. The summed E-state index contributed by atoms with van der Waals surface area (Å²) in [6.45, 7) is 1.71. The van der Waals surface area contributed by atoms with E-state index in [0.29, 0.717) is 26.1 Å². The molecule has 0 aliphatic heterocycles. The van der Waals surface area contributed by atoms with E-state index in [9.17, 15) is 4.79 Å². The third-order valence-corrected chi connectivity index (χ3v) is 3.08. The summed E-state index contributed by atoms with van der Waals surface area (Å²) < 4.78 is 5.26. The molecule has 0 atom stereocenters. The number of carbonyl (C=O) groups is 1. The molecular formula is C16H23N3O2. The number of nitrogens with two attached hydrogens (primary N) is 1. The Hall–Kier alpha value is -2.03. The summed E-state index contributed by atoms with van der Waals surface area (Å²) in [7, 11) is 5.26. The van der Waals surface area contributed by atoms with Gasteiger partial charge < -0.3 is 20.7 Å².